The van der Waals surface area contributed by atoms with Crippen LogP contribution in [0.2, 0.25) is 0 Å². The summed E-state index contributed by atoms with van der Waals surface area (Å²) in [5.74, 6) is 1.15. The van der Waals surface area contributed by atoms with E-state index in [0.29, 0.717) is 17.5 Å². The van der Waals surface area contributed by atoms with Crippen molar-refractivity contribution in [3.8, 4) is 5.88 Å². The van der Waals surface area contributed by atoms with Gasteiger partial charge in [0.25, 0.3) is 0 Å². The lowest BCUT2D eigenvalue weighted by molar-refractivity contribution is 0.0201. The van der Waals surface area contributed by atoms with E-state index in [2.05, 4.69) is 25.5 Å². The number of hydrogen-bond acceptors (Lipinski definition) is 6. The third kappa shape index (κ3) is 3.07. The molecule has 2 heterocycles. The summed E-state index contributed by atoms with van der Waals surface area (Å²) in [6.07, 6.45) is 6.25. The SMILES string of the molecule is CCNc1nc(OC2CCCC(OC)C2)c2cn[nH]c2n1. The van der Waals surface area contributed by atoms with E-state index >= 15 is 0 Å². The van der Waals surface area contributed by atoms with Gasteiger partial charge in [0.15, 0.2) is 5.65 Å². The van der Waals surface area contributed by atoms with Crippen molar-refractivity contribution in [1.29, 1.82) is 0 Å². The Morgan fingerprint density at radius 3 is 3.00 bits per heavy atom. The molecule has 1 fully saturated rings. The molecule has 1 aliphatic rings. The molecular weight excluding hydrogens is 270 g/mol. The maximum atomic E-state index is 6.11. The molecule has 114 valence electrons. The first kappa shape index (κ1) is 14.1. The van der Waals surface area contributed by atoms with Crippen molar-refractivity contribution in [3.63, 3.8) is 0 Å². The number of methoxy groups -OCH3 is 1. The minimum Gasteiger partial charge on any atom is -0.474 e. The summed E-state index contributed by atoms with van der Waals surface area (Å²) in [5, 5.41) is 10.8. The standard InChI is InChI=1S/C14H21N5O2/c1-3-15-14-17-12-11(8-16-19-12)13(18-14)21-10-6-4-5-9(7-10)20-2/h8-10H,3-7H2,1-2H3,(H2,15,16,17,18,19). The summed E-state index contributed by atoms with van der Waals surface area (Å²) < 4.78 is 11.6. The molecule has 2 unspecified atom stereocenters. The Morgan fingerprint density at radius 2 is 2.19 bits per heavy atom. The van der Waals surface area contributed by atoms with Crippen LogP contribution in [0, 0.1) is 0 Å². The van der Waals surface area contributed by atoms with Gasteiger partial charge in [0, 0.05) is 20.1 Å². The van der Waals surface area contributed by atoms with Gasteiger partial charge in [-0.05, 0) is 26.2 Å². The molecule has 21 heavy (non-hydrogen) atoms. The number of aromatic nitrogens is 4. The van der Waals surface area contributed by atoms with Crippen molar-refractivity contribution in [2.75, 3.05) is 19.0 Å². The van der Waals surface area contributed by atoms with Gasteiger partial charge in [-0.2, -0.15) is 15.1 Å². The van der Waals surface area contributed by atoms with Crippen LogP contribution in [0.25, 0.3) is 11.0 Å². The highest BCUT2D eigenvalue weighted by Crippen LogP contribution is 2.28. The third-order valence-corrected chi connectivity index (χ3v) is 3.80. The molecule has 2 atom stereocenters. The Kier molecular flexibility index (Phi) is 4.19. The highest BCUT2D eigenvalue weighted by molar-refractivity contribution is 5.80. The lowest BCUT2D eigenvalue weighted by Crippen LogP contribution is -2.29. The number of ether oxygens (including phenoxy) is 2. The highest BCUT2D eigenvalue weighted by Gasteiger charge is 2.24. The molecule has 2 aromatic rings. The molecule has 0 amide bonds. The zero-order valence-electron chi connectivity index (χ0n) is 12.4. The number of rotatable bonds is 5. The molecule has 7 heteroatoms. The van der Waals surface area contributed by atoms with E-state index in [1.54, 1.807) is 13.3 Å². The second kappa shape index (κ2) is 6.26. The van der Waals surface area contributed by atoms with Gasteiger partial charge in [-0.3, -0.25) is 5.10 Å². The van der Waals surface area contributed by atoms with Crippen LogP contribution in [0.15, 0.2) is 6.20 Å². The number of nitrogens with one attached hydrogen (secondary N) is 2. The van der Waals surface area contributed by atoms with E-state index < -0.39 is 0 Å². The molecule has 0 saturated heterocycles. The fraction of sp³-hybridized carbons (Fsp3) is 0.643. The van der Waals surface area contributed by atoms with Gasteiger partial charge in [-0.25, -0.2) is 0 Å². The molecule has 2 N–H and O–H groups in total. The molecule has 0 bridgehead atoms. The zero-order chi connectivity index (χ0) is 14.7. The van der Waals surface area contributed by atoms with Gasteiger partial charge in [0.1, 0.15) is 11.5 Å². The molecular formula is C14H21N5O2. The minimum atomic E-state index is 0.131. The Labute approximate surface area is 123 Å². The fourth-order valence-electron chi connectivity index (χ4n) is 2.72. The number of hydrogen-bond donors (Lipinski definition) is 2. The molecule has 1 saturated carbocycles. The van der Waals surface area contributed by atoms with Gasteiger partial charge in [-0.1, -0.05) is 0 Å². The van der Waals surface area contributed by atoms with E-state index in [-0.39, 0.29) is 12.2 Å². The molecule has 0 spiro atoms. The predicted molar refractivity (Wildman–Crippen MR) is 79.5 cm³/mol. The Balaban J connectivity index is 1.83. The first-order valence-electron chi connectivity index (χ1n) is 7.44. The number of fused-ring (bicyclic) bond motifs is 1. The van der Waals surface area contributed by atoms with Crippen LogP contribution in [0.5, 0.6) is 5.88 Å². The van der Waals surface area contributed by atoms with Gasteiger partial charge >= 0.3 is 0 Å². The number of H-pyrrole nitrogens is 1. The predicted octanol–water partition coefficient (Wildman–Crippen LogP) is 2.12. The summed E-state index contributed by atoms with van der Waals surface area (Å²) in [5.41, 5.74) is 0.690. The molecule has 0 aliphatic heterocycles. The molecule has 3 rings (SSSR count). The van der Waals surface area contributed by atoms with Crippen molar-refractivity contribution >= 4 is 17.0 Å². The van der Waals surface area contributed by atoms with Crippen LogP contribution in [0.3, 0.4) is 0 Å². The summed E-state index contributed by atoms with van der Waals surface area (Å²) >= 11 is 0. The number of anilines is 1. The maximum Gasteiger partial charge on any atom is 0.229 e. The van der Waals surface area contributed by atoms with Crippen LogP contribution in [-0.2, 0) is 4.74 Å². The van der Waals surface area contributed by atoms with Crippen molar-refractivity contribution in [3.05, 3.63) is 6.20 Å². The summed E-state index contributed by atoms with van der Waals surface area (Å²) in [4.78, 5) is 8.83. The summed E-state index contributed by atoms with van der Waals surface area (Å²) in [6.45, 7) is 2.76. The molecule has 0 aromatic carbocycles. The van der Waals surface area contributed by atoms with Gasteiger partial charge < -0.3 is 14.8 Å². The van der Waals surface area contributed by atoms with E-state index in [1.807, 2.05) is 6.92 Å². The fourth-order valence-corrected chi connectivity index (χ4v) is 2.72. The van der Waals surface area contributed by atoms with Crippen LogP contribution in [0.4, 0.5) is 5.95 Å². The smallest absolute Gasteiger partial charge is 0.229 e. The molecule has 1 aliphatic carbocycles. The third-order valence-electron chi connectivity index (χ3n) is 3.80. The van der Waals surface area contributed by atoms with E-state index in [0.717, 1.165) is 37.6 Å². The summed E-state index contributed by atoms with van der Waals surface area (Å²) in [7, 11) is 1.76. The van der Waals surface area contributed by atoms with Crippen LogP contribution < -0.4 is 10.1 Å². The topological polar surface area (TPSA) is 85.0 Å². The second-order valence-corrected chi connectivity index (χ2v) is 5.28. The largest absolute Gasteiger partial charge is 0.474 e. The van der Waals surface area contributed by atoms with Gasteiger partial charge in [-0.15, -0.1) is 0 Å². The Morgan fingerprint density at radius 1 is 1.33 bits per heavy atom. The monoisotopic (exact) mass is 291 g/mol. The normalized spacial score (nSPS) is 22.4. The summed E-state index contributed by atoms with van der Waals surface area (Å²) in [6, 6.07) is 0. The van der Waals surface area contributed by atoms with Crippen molar-refractivity contribution < 1.29 is 9.47 Å². The van der Waals surface area contributed by atoms with Gasteiger partial charge in [0.05, 0.1) is 12.3 Å². The molecule has 7 nitrogen and oxygen atoms in total. The Hall–Kier alpha value is -1.89. The minimum absolute atomic E-state index is 0.131. The zero-order valence-corrected chi connectivity index (χ0v) is 12.4. The number of nitrogens with zero attached hydrogens (tertiary/aromatic N) is 3. The van der Waals surface area contributed by atoms with E-state index in [9.17, 15) is 0 Å². The first-order chi connectivity index (χ1) is 10.3. The second-order valence-electron chi connectivity index (χ2n) is 5.28. The van der Waals surface area contributed by atoms with Gasteiger partial charge in [0.2, 0.25) is 11.8 Å². The average molecular weight is 291 g/mol. The highest BCUT2D eigenvalue weighted by atomic mass is 16.5. The van der Waals surface area contributed by atoms with E-state index in [4.69, 9.17) is 9.47 Å². The first-order valence-corrected chi connectivity index (χ1v) is 7.44. The van der Waals surface area contributed by atoms with Crippen molar-refractivity contribution in [2.24, 2.45) is 0 Å². The van der Waals surface area contributed by atoms with E-state index in [1.165, 1.54) is 0 Å². The average Bonchev–Trinajstić information content (AvgIpc) is 2.96. The van der Waals surface area contributed by atoms with Crippen LogP contribution >= 0.6 is 0 Å². The lowest BCUT2D eigenvalue weighted by Gasteiger charge is -2.28. The quantitative estimate of drug-likeness (QED) is 0.877. The van der Waals surface area contributed by atoms with Crippen LogP contribution in [-0.4, -0.2) is 46.0 Å². The Bertz CT molecular complexity index is 600. The molecule has 0 radical (unpaired) electrons. The van der Waals surface area contributed by atoms with Crippen molar-refractivity contribution in [1.82, 2.24) is 20.2 Å². The maximum absolute atomic E-state index is 6.11. The molecule has 2 aromatic heterocycles. The number of aromatic amines is 1. The van der Waals surface area contributed by atoms with Crippen molar-refractivity contribution in [2.45, 2.75) is 44.8 Å². The lowest BCUT2D eigenvalue weighted by atomic mass is 9.95. The van der Waals surface area contributed by atoms with Crippen LogP contribution in [0.1, 0.15) is 32.6 Å².